The molecule has 4 aromatic rings. The first-order valence-electron chi connectivity index (χ1n) is 11.3. The van der Waals surface area contributed by atoms with Crippen molar-refractivity contribution < 1.29 is 27.4 Å². The van der Waals surface area contributed by atoms with Crippen LogP contribution in [0.25, 0.3) is 21.8 Å². The van der Waals surface area contributed by atoms with E-state index in [0.717, 1.165) is 25.9 Å². The third-order valence-electron chi connectivity index (χ3n) is 6.34. The molecule has 0 bridgehead atoms. The van der Waals surface area contributed by atoms with Crippen molar-refractivity contribution >= 4 is 21.8 Å². The van der Waals surface area contributed by atoms with Gasteiger partial charge in [-0.25, -0.2) is 9.97 Å². The van der Waals surface area contributed by atoms with E-state index in [2.05, 4.69) is 26.9 Å². The number of hydrogen-bond acceptors (Lipinski definition) is 6. The molecule has 1 N–H and O–H groups in total. The minimum absolute atomic E-state index is 0.00887. The summed E-state index contributed by atoms with van der Waals surface area (Å²) in [5.41, 5.74) is -0.187. The highest BCUT2D eigenvalue weighted by Gasteiger charge is 2.38. The van der Waals surface area contributed by atoms with Crippen molar-refractivity contribution in [3.8, 4) is 23.1 Å². The highest BCUT2D eigenvalue weighted by Crippen LogP contribution is 2.44. The highest BCUT2D eigenvalue weighted by molar-refractivity contribution is 5.90. The first-order chi connectivity index (χ1) is 16.8. The molecule has 0 unspecified atom stereocenters. The number of rotatable bonds is 6. The molecule has 3 heterocycles. The van der Waals surface area contributed by atoms with Crippen LogP contribution in [0.4, 0.5) is 13.2 Å². The molecule has 1 fully saturated rings. The number of aromatic amines is 1. The van der Waals surface area contributed by atoms with Gasteiger partial charge in [-0.2, -0.15) is 13.2 Å². The Morgan fingerprint density at radius 2 is 1.83 bits per heavy atom. The average Bonchev–Trinajstić information content (AvgIpc) is 3.22. The molecule has 0 saturated carbocycles. The number of likely N-dealkylation sites (tertiary alicyclic amines) is 1. The number of methoxy groups -OCH3 is 1. The monoisotopic (exact) mass is 486 g/mol. The maximum absolute atomic E-state index is 13.8. The number of nitrogens with one attached hydrogen (secondary N) is 1. The molecule has 0 aliphatic carbocycles. The van der Waals surface area contributed by atoms with Crippen LogP contribution in [0.2, 0.25) is 0 Å². The number of halogens is 3. The van der Waals surface area contributed by atoms with Gasteiger partial charge < -0.3 is 24.1 Å². The second-order valence-corrected chi connectivity index (χ2v) is 8.73. The Labute approximate surface area is 199 Å². The fraction of sp³-hybridized carbons (Fsp3) is 0.360. The van der Waals surface area contributed by atoms with Crippen molar-refractivity contribution in [1.29, 1.82) is 0 Å². The van der Waals surface area contributed by atoms with Crippen molar-refractivity contribution in [3.05, 3.63) is 48.4 Å². The number of piperidine rings is 1. The topological polar surface area (TPSA) is 72.5 Å². The summed E-state index contributed by atoms with van der Waals surface area (Å²) in [7, 11) is 3.62. The summed E-state index contributed by atoms with van der Waals surface area (Å²) in [5, 5.41) is 0.714. The van der Waals surface area contributed by atoms with Crippen LogP contribution in [-0.4, -0.2) is 53.7 Å². The van der Waals surface area contributed by atoms with Gasteiger partial charge in [0.1, 0.15) is 6.33 Å². The van der Waals surface area contributed by atoms with E-state index in [9.17, 15) is 13.2 Å². The normalized spacial score (nSPS) is 15.6. The molecule has 1 aliphatic heterocycles. The zero-order valence-electron chi connectivity index (χ0n) is 19.4. The van der Waals surface area contributed by atoms with Gasteiger partial charge in [-0.15, -0.1) is 0 Å². The van der Waals surface area contributed by atoms with E-state index in [1.54, 1.807) is 36.4 Å². The van der Waals surface area contributed by atoms with Crippen LogP contribution in [0.3, 0.4) is 0 Å². The van der Waals surface area contributed by atoms with Gasteiger partial charge in [0, 0.05) is 17.0 Å². The Bertz CT molecular complexity index is 1350. The lowest BCUT2D eigenvalue weighted by Crippen LogP contribution is -2.32. The number of aromatic nitrogens is 3. The summed E-state index contributed by atoms with van der Waals surface area (Å²) in [6.07, 6.45) is -1.27. The maximum Gasteiger partial charge on any atom is 0.434 e. The van der Waals surface area contributed by atoms with Crippen LogP contribution in [-0.2, 0) is 6.18 Å². The smallest absolute Gasteiger partial charge is 0.434 e. The van der Waals surface area contributed by atoms with Gasteiger partial charge in [0.15, 0.2) is 22.9 Å². The molecule has 0 spiro atoms. The van der Waals surface area contributed by atoms with E-state index >= 15 is 0 Å². The molecule has 1 saturated heterocycles. The summed E-state index contributed by atoms with van der Waals surface area (Å²) >= 11 is 0. The third kappa shape index (κ3) is 4.70. The average molecular weight is 486 g/mol. The van der Waals surface area contributed by atoms with E-state index in [1.165, 1.54) is 13.4 Å². The van der Waals surface area contributed by atoms with E-state index < -0.39 is 11.9 Å². The molecule has 1 aliphatic rings. The predicted octanol–water partition coefficient (Wildman–Crippen LogP) is 5.65. The lowest BCUT2D eigenvalue weighted by atomic mass is 9.98. The number of alkyl halides is 3. The quantitative estimate of drug-likeness (QED) is 0.380. The largest absolute Gasteiger partial charge is 0.493 e. The molecule has 0 atom stereocenters. The Hall–Kier alpha value is -3.53. The molecule has 184 valence electrons. The van der Waals surface area contributed by atoms with Gasteiger partial charge in [-0.1, -0.05) is 12.1 Å². The van der Waals surface area contributed by atoms with Crippen LogP contribution in [0, 0.1) is 5.92 Å². The minimum Gasteiger partial charge on any atom is -0.493 e. The molecule has 0 radical (unpaired) electrons. The third-order valence-corrected chi connectivity index (χ3v) is 6.34. The minimum atomic E-state index is -4.64. The zero-order valence-corrected chi connectivity index (χ0v) is 19.4. The number of H-pyrrole nitrogens is 1. The van der Waals surface area contributed by atoms with Gasteiger partial charge in [-0.05, 0) is 57.1 Å². The molecular weight excluding hydrogens is 461 g/mol. The number of para-hydroxylation sites is 1. The van der Waals surface area contributed by atoms with Gasteiger partial charge >= 0.3 is 6.18 Å². The predicted molar refractivity (Wildman–Crippen MR) is 125 cm³/mol. The Morgan fingerprint density at radius 3 is 2.57 bits per heavy atom. The summed E-state index contributed by atoms with van der Waals surface area (Å²) in [6.45, 7) is 2.61. The fourth-order valence-corrected chi connectivity index (χ4v) is 4.35. The van der Waals surface area contributed by atoms with Gasteiger partial charge in [0.05, 0.1) is 24.6 Å². The molecule has 7 nitrogen and oxygen atoms in total. The zero-order chi connectivity index (χ0) is 24.6. The van der Waals surface area contributed by atoms with Crippen LogP contribution in [0.5, 0.6) is 23.1 Å². The lowest BCUT2D eigenvalue weighted by Gasteiger charge is -2.28. The van der Waals surface area contributed by atoms with E-state index in [1.807, 2.05) is 0 Å². The van der Waals surface area contributed by atoms with Gasteiger partial charge in [0.2, 0.25) is 5.88 Å². The second kappa shape index (κ2) is 9.26. The van der Waals surface area contributed by atoms with Crippen molar-refractivity contribution in [2.75, 3.05) is 33.9 Å². The summed E-state index contributed by atoms with van der Waals surface area (Å²) in [6, 6.07) is 9.77. The van der Waals surface area contributed by atoms with Gasteiger partial charge in [-0.3, -0.25) is 0 Å². The Morgan fingerprint density at radius 1 is 1.06 bits per heavy atom. The van der Waals surface area contributed by atoms with Gasteiger partial charge in [0.25, 0.3) is 0 Å². The van der Waals surface area contributed by atoms with E-state index in [-0.39, 0.29) is 11.6 Å². The first-order valence-corrected chi connectivity index (χ1v) is 11.3. The van der Waals surface area contributed by atoms with Crippen LogP contribution in [0.1, 0.15) is 18.5 Å². The lowest BCUT2D eigenvalue weighted by molar-refractivity contribution is -0.141. The molecule has 35 heavy (non-hydrogen) atoms. The molecule has 2 aromatic carbocycles. The number of fused-ring (bicyclic) bond motifs is 2. The van der Waals surface area contributed by atoms with Crippen LogP contribution >= 0.6 is 0 Å². The highest BCUT2D eigenvalue weighted by atomic mass is 19.4. The fourth-order valence-electron chi connectivity index (χ4n) is 4.35. The maximum atomic E-state index is 13.8. The van der Waals surface area contributed by atoms with Crippen molar-refractivity contribution in [3.63, 3.8) is 0 Å². The molecular formula is C25H25F3N4O3. The van der Waals surface area contributed by atoms with E-state index in [4.69, 9.17) is 14.2 Å². The van der Waals surface area contributed by atoms with Crippen molar-refractivity contribution in [2.45, 2.75) is 19.0 Å². The van der Waals surface area contributed by atoms with Crippen LogP contribution in [0.15, 0.2) is 42.7 Å². The SMILES string of the molecule is COc1cc2c(Oc3c(C(F)(F)F)[nH]c4ccccc34)ncnc2cc1OCC1CCN(C)CC1. The molecule has 0 amide bonds. The van der Waals surface area contributed by atoms with Crippen molar-refractivity contribution in [2.24, 2.45) is 5.92 Å². The second-order valence-electron chi connectivity index (χ2n) is 8.73. The number of nitrogens with zero attached hydrogens (tertiary/aromatic N) is 3. The number of benzene rings is 2. The van der Waals surface area contributed by atoms with Crippen molar-refractivity contribution in [1.82, 2.24) is 19.9 Å². The summed E-state index contributed by atoms with van der Waals surface area (Å²) in [5.74, 6) is 1.05. The summed E-state index contributed by atoms with van der Waals surface area (Å²) < 4.78 is 58.7. The summed E-state index contributed by atoms with van der Waals surface area (Å²) in [4.78, 5) is 13.1. The van der Waals surface area contributed by atoms with E-state index in [0.29, 0.717) is 45.8 Å². The molecule has 10 heteroatoms. The van der Waals surface area contributed by atoms with Crippen LogP contribution < -0.4 is 14.2 Å². The Balaban J connectivity index is 1.49. The first kappa shape index (κ1) is 23.2. The standard InChI is InChI=1S/C25H25F3N4O3/c1-32-9-7-15(8-10-32)13-34-21-12-19-17(11-20(21)33-2)24(30-14-29-19)35-22-16-5-3-4-6-18(16)31-23(22)25(26,27)28/h3-6,11-12,14-15,31H,7-10,13H2,1-2H3. The number of ether oxygens (including phenoxy) is 3. The Kier molecular flexibility index (Phi) is 6.14. The molecule has 5 rings (SSSR count). The molecule has 2 aromatic heterocycles. The number of hydrogen-bond donors (Lipinski definition) is 1.